The predicted octanol–water partition coefficient (Wildman–Crippen LogP) is 10.8. The SMILES string of the molecule is CCC=CCC=CCC=CCCCCCCCC(=O)NCCCN1CCN(CCCNC(=O)CCCCCCCC=CCC=CCC=CCC)CC1. The lowest BCUT2D eigenvalue weighted by Gasteiger charge is -2.34. The Bertz CT molecular complexity index is 924. The van der Waals surface area contributed by atoms with Gasteiger partial charge in [-0.2, -0.15) is 0 Å². The molecule has 1 heterocycles. The summed E-state index contributed by atoms with van der Waals surface area (Å²) in [6.07, 6.45) is 50.8. The van der Waals surface area contributed by atoms with Crippen LogP contribution in [0.3, 0.4) is 0 Å². The van der Waals surface area contributed by atoms with Gasteiger partial charge in [-0.15, -0.1) is 0 Å². The number of hydrogen-bond donors (Lipinski definition) is 2. The standard InChI is InChI=1S/C46H80N4O2/c1-3-5-7-9-11-13-15-17-19-21-23-25-27-29-31-35-45(51)47-37-33-39-49-41-43-50(44-42-49)40-34-38-48-46(52)36-32-30-28-26-24-22-20-18-16-14-12-10-8-6-4-2/h5-8,11-14,17-20H,3-4,9-10,15-16,21-44H2,1-2H3,(H,47,51)(H,48,52). The van der Waals surface area contributed by atoms with Crippen molar-refractivity contribution in [3.8, 4) is 0 Å². The molecule has 6 nitrogen and oxygen atoms in total. The monoisotopic (exact) mass is 721 g/mol. The van der Waals surface area contributed by atoms with Crippen molar-refractivity contribution in [3.63, 3.8) is 0 Å². The van der Waals surface area contributed by atoms with Crippen LogP contribution in [0.15, 0.2) is 72.9 Å². The molecule has 0 aromatic rings. The van der Waals surface area contributed by atoms with E-state index in [0.717, 1.165) is 142 Å². The van der Waals surface area contributed by atoms with Crippen molar-refractivity contribution in [1.82, 2.24) is 20.4 Å². The van der Waals surface area contributed by atoms with Crippen LogP contribution in [0.5, 0.6) is 0 Å². The van der Waals surface area contributed by atoms with E-state index in [2.05, 4.69) is 107 Å². The van der Waals surface area contributed by atoms with Crippen LogP contribution in [0.4, 0.5) is 0 Å². The van der Waals surface area contributed by atoms with E-state index in [-0.39, 0.29) is 11.8 Å². The number of piperazine rings is 1. The Balaban J connectivity index is 1.86. The molecule has 1 aliphatic heterocycles. The van der Waals surface area contributed by atoms with Crippen LogP contribution in [-0.4, -0.2) is 74.0 Å². The van der Waals surface area contributed by atoms with Gasteiger partial charge in [-0.3, -0.25) is 9.59 Å². The maximum Gasteiger partial charge on any atom is 0.219 e. The molecule has 0 spiro atoms. The molecule has 0 unspecified atom stereocenters. The average Bonchev–Trinajstić information content (AvgIpc) is 3.15. The Hall–Kier alpha value is -2.70. The van der Waals surface area contributed by atoms with Gasteiger partial charge in [0.2, 0.25) is 11.8 Å². The minimum atomic E-state index is 0.211. The molecule has 6 heteroatoms. The van der Waals surface area contributed by atoms with Crippen molar-refractivity contribution in [2.75, 3.05) is 52.4 Å². The van der Waals surface area contributed by atoms with E-state index < -0.39 is 0 Å². The summed E-state index contributed by atoms with van der Waals surface area (Å²) in [6.45, 7) is 12.4. The number of carbonyl (C=O) groups excluding carboxylic acids is 2. The van der Waals surface area contributed by atoms with E-state index in [0.29, 0.717) is 12.8 Å². The van der Waals surface area contributed by atoms with Crippen LogP contribution in [0.1, 0.15) is 155 Å². The fourth-order valence-corrected chi connectivity index (χ4v) is 6.28. The van der Waals surface area contributed by atoms with E-state index in [1.807, 2.05) is 0 Å². The summed E-state index contributed by atoms with van der Waals surface area (Å²) in [7, 11) is 0. The minimum absolute atomic E-state index is 0.211. The van der Waals surface area contributed by atoms with Gasteiger partial charge in [-0.25, -0.2) is 0 Å². The predicted molar refractivity (Wildman–Crippen MR) is 227 cm³/mol. The Labute approximate surface area is 321 Å². The Kier molecular flexibility index (Phi) is 34.6. The molecule has 2 N–H and O–H groups in total. The van der Waals surface area contributed by atoms with Crippen LogP contribution in [0.25, 0.3) is 0 Å². The molecule has 1 fully saturated rings. The number of hydrogen-bond acceptors (Lipinski definition) is 4. The Morgan fingerprint density at radius 2 is 0.750 bits per heavy atom. The first-order valence-corrected chi connectivity index (χ1v) is 21.5. The lowest BCUT2D eigenvalue weighted by molar-refractivity contribution is -0.122. The number of carbonyl (C=O) groups is 2. The molecule has 1 rings (SSSR count). The number of nitrogens with zero attached hydrogens (tertiary/aromatic N) is 2. The van der Waals surface area contributed by atoms with Gasteiger partial charge < -0.3 is 20.4 Å². The third-order valence-corrected chi connectivity index (χ3v) is 9.52. The van der Waals surface area contributed by atoms with Gasteiger partial charge in [-0.05, 0) is 103 Å². The Morgan fingerprint density at radius 3 is 1.13 bits per heavy atom. The van der Waals surface area contributed by atoms with Crippen molar-refractivity contribution in [2.24, 2.45) is 0 Å². The van der Waals surface area contributed by atoms with Crippen molar-refractivity contribution in [3.05, 3.63) is 72.9 Å². The van der Waals surface area contributed by atoms with Gasteiger partial charge in [0.05, 0.1) is 0 Å². The van der Waals surface area contributed by atoms with E-state index >= 15 is 0 Å². The molecule has 52 heavy (non-hydrogen) atoms. The fraction of sp³-hybridized carbons (Fsp3) is 0.696. The molecule has 0 aliphatic carbocycles. The number of amides is 2. The summed E-state index contributed by atoms with van der Waals surface area (Å²) in [5, 5.41) is 6.26. The number of rotatable bonds is 34. The van der Waals surface area contributed by atoms with Crippen molar-refractivity contribution in [1.29, 1.82) is 0 Å². The second-order valence-electron chi connectivity index (χ2n) is 14.3. The van der Waals surface area contributed by atoms with E-state index in [1.165, 1.54) is 38.5 Å². The quantitative estimate of drug-likeness (QED) is 0.0513. The molecular weight excluding hydrogens is 641 g/mol. The molecule has 0 radical (unpaired) electrons. The van der Waals surface area contributed by atoms with Crippen LogP contribution in [-0.2, 0) is 9.59 Å². The van der Waals surface area contributed by atoms with Gasteiger partial charge >= 0.3 is 0 Å². The Morgan fingerprint density at radius 1 is 0.423 bits per heavy atom. The van der Waals surface area contributed by atoms with Gasteiger partial charge in [0.1, 0.15) is 0 Å². The van der Waals surface area contributed by atoms with Gasteiger partial charge in [0.15, 0.2) is 0 Å². The number of allylic oxidation sites excluding steroid dienone is 12. The molecule has 0 atom stereocenters. The number of unbranched alkanes of at least 4 members (excludes halogenated alkanes) is 10. The second-order valence-corrected chi connectivity index (χ2v) is 14.3. The van der Waals surface area contributed by atoms with Crippen molar-refractivity contribution in [2.45, 2.75) is 155 Å². The first-order chi connectivity index (χ1) is 25.7. The topological polar surface area (TPSA) is 64.7 Å². The van der Waals surface area contributed by atoms with E-state index in [4.69, 9.17) is 0 Å². The van der Waals surface area contributed by atoms with Gasteiger partial charge in [0, 0.05) is 52.1 Å². The van der Waals surface area contributed by atoms with Gasteiger partial charge in [0.25, 0.3) is 0 Å². The molecular formula is C46H80N4O2. The largest absolute Gasteiger partial charge is 0.356 e. The van der Waals surface area contributed by atoms with Crippen molar-refractivity contribution < 1.29 is 9.59 Å². The lowest BCUT2D eigenvalue weighted by Crippen LogP contribution is -2.47. The van der Waals surface area contributed by atoms with Crippen LogP contribution in [0.2, 0.25) is 0 Å². The van der Waals surface area contributed by atoms with Crippen LogP contribution >= 0.6 is 0 Å². The zero-order valence-corrected chi connectivity index (χ0v) is 33.9. The molecule has 1 aliphatic rings. The zero-order valence-electron chi connectivity index (χ0n) is 33.9. The highest BCUT2D eigenvalue weighted by molar-refractivity contribution is 5.76. The summed E-state index contributed by atoms with van der Waals surface area (Å²) in [4.78, 5) is 29.5. The maximum absolute atomic E-state index is 12.2. The highest BCUT2D eigenvalue weighted by Gasteiger charge is 2.16. The summed E-state index contributed by atoms with van der Waals surface area (Å²) >= 11 is 0. The summed E-state index contributed by atoms with van der Waals surface area (Å²) < 4.78 is 0. The molecule has 0 aromatic carbocycles. The summed E-state index contributed by atoms with van der Waals surface area (Å²) in [5.74, 6) is 0.422. The maximum atomic E-state index is 12.2. The molecule has 296 valence electrons. The van der Waals surface area contributed by atoms with E-state index in [1.54, 1.807) is 0 Å². The molecule has 1 saturated heterocycles. The zero-order chi connectivity index (χ0) is 37.4. The smallest absolute Gasteiger partial charge is 0.219 e. The first kappa shape index (κ1) is 47.3. The third kappa shape index (κ3) is 33.2. The minimum Gasteiger partial charge on any atom is -0.356 e. The molecule has 0 saturated carbocycles. The summed E-state index contributed by atoms with van der Waals surface area (Å²) in [6, 6.07) is 0. The third-order valence-electron chi connectivity index (χ3n) is 9.52. The first-order valence-electron chi connectivity index (χ1n) is 21.5. The number of nitrogens with one attached hydrogen (secondary N) is 2. The highest BCUT2D eigenvalue weighted by Crippen LogP contribution is 2.10. The summed E-state index contributed by atoms with van der Waals surface area (Å²) in [5.41, 5.74) is 0. The molecule has 0 bridgehead atoms. The van der Waals surface area contributed by atoms with E-state index in [9.17, 15) is 9.59 Å². The van der Waals surface area contributed by atoms with Gasteiger partial charge in [-0.1, -0.05) is 125 Å². The normalized spacial score (nSPS) is 14.8. The van der Waals surface area contributed by atoms with Crippen molar-refractivity contribution >= 4 is 11.8 Å². The van der Waals surface area contributed by atoms with Crippen LogP contribution < -0.4 is 10.6 Å². The fourth-order valence-electron chi connectivity index (χ4n) is 6.28. The average molecular weight is 721 g/mol. The highest BCUT2D eigenvalue weighted by atomic mass is 16.2. The molecule has 2 amide bonds. The van der Waals surface area contributed by atoms with Crippen LogP contribution in [0, 0.1) is 0 Å². The molecule has 0 aromatic heterocycles. The lowest BCUT2D eigenvalue weighted by atomic mass is 10.1. The second kappa shape index (κ2) is 38.0.